The number of nitrogens with zero attached hydrogens (tertiary/aromatic N) is 5. The van der Waals surface area contributed by atoms with Crippen molar-refractivity contribution in [3.8, 4) is 0 Å². The summed E-state index contributed by atoms with van der Waals surface area (Å²) in [5, 5.41) is 17.0. The van der Waals surface area contributed by atoms with Crippen LogP contribution in [0.1, 0.15) is 28.5 Å². The Morgan fingerprint density at radius 2 is 2.11 bits per heavy atom. The fourth-order valence-electron chi connectivity index (χ4n) is 2.98. The Hall–Kier alpha value is -2.45. The number of hydrogen-bond acceptors (Lipinski definition) is 6. The van der Waals surface area contributed by atoms with Crippen molar-refractivity contribution in [3.05, 3.63) is 64.1 Å². The summed E-state index contributed by atoms with van der Waals surface area (Å²) in [6.45, 7) is 2.06. The van der Waals surface area contributed by atoms with Gasteiger partial charge in [0.15, 0.2) is 5.16 Å². The molecule has 1 atom stereocenters. The molecule has 3 heterocycles. The van der Waals surface area contributed by atoms with Gasteiger partial charge in [-0.3, -0.25) is 4.79 Å². The quantitative estimate of drug-likeness (QED) is 0.617. The van der Waals surface area contributed by atoms with Gasteiger partial charge in [-0.1, -0.05) is 47.7 Å². The van der Waals surface area contributed by atoms with Crippen LogP contribution in [-0.2, 0) is 11.8 Å². The van der Waals surface area contributed by atoms with Crippen LogP contribution in [0.25, 0.3) is 0 Å². The van der Waals surface area contributed by atoms with E-state index in [0.29, 0.717) is 0 Å². The summed E-state index contributed by atoms with van der Waals surface area (Å²) in [6, 6.07) is 12.3. The van der Waals surface area contributed by atoms with Crippen LogP contribution < -0.4 is 0 Å². The summed E-state index contributed by atoms with van der Waals surface area (Å²) in [7, 11) is 1.87. The minimum absolute atomic E-state index is 0.0277. The van der Waals surface area contributed by atoms with Crippen molar-refractivity contribution in [2.45, 2.75) is 24.5 Å². The second-order valence-corrected chi connectivity index (χ2v) is 8.30. The molecule has 0 saturated heterocycles. The first-order valence-corrected chi connectivity index (χ1v) is 10.4. The Labute approximate surface area is 165 Å². The third-order valence-corrected chi connectivity index (χ3v) is 6.37. The number of hydrazone groups is 1. The monoisotopic (exact) mass is 397 g/mol. The molecule has 1 aliphatic heterocycles. The van der Waals surface area contributed by atoms with Crippen molar-refractivity contribution in [1.82, 2.24) is 19.8 Å². The third-order valence-electron chi connectivity index (χ3n) is 4.43. The average molecular weight is 398 g/mol. The van der Waals surface area contributed by atoms with Crippen molar-refractivity contribution in [2.75, 3.05) is 5.75 Å². The van der Waals surface area contributed by atoms with Gasteiger partial charge in [0.2, 0.25) is 0 Å². The summed E-state index contributed by atoms with van der Waals surface area (Å²) in [5.41, 5.74) is 3.27. The zero-order chi connectivity index (χ0) is 18.8. The van der Waals surface area contributed by atoms with Gasteiger partial charge in [0.1, 0.15) is 6.33 Å². The molecular weight excluding hydrogens is 378 g/mol. The van der Waals surface area contributed by atoms with E-state index < -0.39 is 0 Å². The summed E-state index contributed by atoms with van der Waals surface area (Å²) >= 11 is 3.03. The standard InChI is InChI=1S/C19H19N5OS2/c1-13-5-7-14(8-6-13)16-10-15(17-4-3-9-26-17)22-24(16)18(25)11-27-19-21-20-12-23(19)2/h3-9,12,16H,10-11H2,1-2H3. The van der Waals surface area contributed by atoms with Crippen LogP contribution >= 0.6 is 23.1 Å². The Kier molecular flexibility index (Phi) is 5.09. The molecule has 1 unspecified atom stereocenters. The molecule has 1 amide bonds. The summed E-state index contributed by atoms with van der Waals surface area (Å²) in [6.07, 6.45) is 2.36. The zero-order valence-corrected chi connectivity index (χ0v) is 16.7. The molecule has 0 saturated carbocycles. The van der Waals surface area contributed by atoms with Gasteiger partial charge in [-0.2, -0.15) is 5.10 Å². The van der Waals surface area contributed by atoms with Gasteiger partial charge in [-0.15, -0.1) is 21.5 Å². The van der Waals surface area contributed by atoms with E-state index in [2.05, 4.69) is 52.6 Å². The number of hydrogen-bond donors (Lipinski definition) is 0. The zero-order valence-electron chi connectivity index (χ0n) is 15.1. The molecule has 0 aliphatic carbocycles. The molecule has 0 spiro atoms. The SMILES string of the molecule is Cc1ccc(C2CC(c3cccs3)=NN2C(=O)CSc2nncn2C)cc1. The molecule has 4 rings (SSSR count). The lowest BCUT2D eigenvalue weighted by Gasteiger charge is -2.22. The Morgan fingerprint density at radius 3 is 2.78 bits per heavy atom. The lowest BCUT2D eigenvalue weighted by Crippen LogP contribution is -2.28. The first kappa shape index (κ1) is 17.9. The molecule has 0 bridgehead atoms. The maximum absolute atomic E-state index is 13.0. The van der Waals surface area contributed by atoms with Crippen LogP contribution in [-0.4, -0.2) is 37.1 Å². The second kappa shape index (κ2) is 7.66. The molecule has 1 aromatic carbocycles. The Bertz CT molecular complexity index is 962. The van der Waals surface area contributed by atoms with Gasteiger partial charge in [0, 0.05) is 13.5 Å². The van der Waals surface area contributed by atoms with Gasteiger partial charge < -0.3 is 4.57 Å². The lowest BCUT2D eigenvalue weighted by atomic mass is 10.00. The van der Waals surface area contributed by atoms with Gasteiger partial charge in [0.25, 0.3) is 5.91 Å². The molecule has 27 heavy (non-hydrogen) atoms. The highest BCUT2D eigenvalue weighted by molar-refractivity contribution is 7.99. The number of benzene rings is 1. The molecule has 0 N–H and O–H groups in total. The fraction of sp³-hybridized carbons (Fsp3) is 0.263. The van der Waals surface area contributed by atoms with Crippen molar-refractivity contribution >= 4 is 34.7 Å². The minimum Gasteiger partial charge on any atom is -0.312 e. The van der Waals surface area contributed by atoms with Crippen LogP contribution in [0.5, 0.6) is 0 Å². The van der Waals surface area contributed by atoms with E-state index in [4.69, 9.17) is 0 Å². The summed E-state index contributed by atoms with van der Waals surface area (Å²) in [5.74, 6) is 0.246. The van der Waals surface area contributed by atoms with Crippen molar-refractivity contribution in [3.63, 3.8) is 0 Å². The number of carbonyl (C=O) groups excluding carboxylic acids is 1. The van der Waals surface area contributed by atoms with Crippen LogP contribution in [0.15, 0.2) is 58.4 Å². The van der Waals surface area contributed by atoms with Crippen molar-refractivity contribution < 1.29 is 4.79 Å². The maximum atomic E-state index is 13.0. The number of thiophene rings is 1. The van der Waals surface area contributed by atoms with E-state index in [1.807, 2.05) is 18.5 Å². The number of rotatable bonds is 5. The van der Waals surface area contributed by atoms with Crippen molar-refractivity contribution in [1.29, 1.82) is 0 Å². The summed E-state index contributed by atoms with van der Waals surface area (Å²) in [4.78, 5) is 14.1. The van der Waals surface area contributed by atoms with E-state index in [1.165, 1.54) is 17.3 Å². The van der Waals surface area contributed by atoms with Crippen LogP contribution in [0.2, 0.25) is 0 Å². The predicted octanol–water partition coefficient (Wildman–Crippen LogP) is 3.66. The topological polar surface area (TPSA) is 63.4 Å². The number of aromatic nitrogens is 3. The number of thioether (sulfide) groups is 1. The van der Waals surface area contributed by atoms with Crippen LogP contribution in [0.3, 0.4) is 0 Å². The highest BCUT2D eigenvalue weighted by atomic mass is 32.2. The van der Waals surface area contributed by atoms with E-state index in [9.17, 15) is 4.79 Å². The molecule has 8 heteroatoms. The highest BCUT2D eigenvalue weighted by Gasteiger charge is 2.33. The van der Waals surface area contributed by atoms with Crippen molar-refractivity contribution in [2.24, 2.45) is 12.1 Å². The molecule has 1 aliphatic rings. The molecular formula is C19H19N5OS2. The molecule has 138 valence electrons. The largest absolute Gasteiger partial charge is 0.312 e. The first-order chi connectivity index (χ1) is 13.1. The number of aryl methyl sites for hydroxylation is 2. The van der Waals surface area contributed by atoms with Gasteiger partial charge in [0.05, 0.1) is 22.4 Å². The van der Waals surface area contributed by atoms with E-state index in [-0.39, 0.29) is 17.7 Å². The lowest BCUT2D eigenvalue weighted by molar-refractivity contribution is -0.130. The number of carbonyl (C=O) groups is 1. The predicted molar refractivity (Wildman–Crippen MR) is 108 cm³/mol. The molecule has 6 nitrogen and oxygen atoms in total. The van der Waals surface area contributed by atoms with Gasteiger partial charge >= 0.3 is 0 Å². The minimum atomic E-state index is -0.0738. The molecule has 0 radical (unpaired) electrons. The Balaban J connectivity index is 1.57. The Morgan fingerprint density at radius 1 is 1.30 bits per heavy atom. The fourth-order valence-corrected chi connectivity index (χ4v) is 4.44. The van der Waals surface area contributed by atoms with Gasteiger partial charge in [-0.25, -0.2) is 5.01 Å². The molecule has 2 aromatic heterocycles. The normalized spacial score (nSPS) is 16.6. The van der Waals surface area contributed by atoms with Crippen LogP contribution in [0, 0.1) is 6.92 Å². The van der Waals surface area contributed by atoms with E-state index >= 15 is 0 Å². The smallest absolute Gasteiger partial charge is 0.253 e. The summed E-state index contributed by atoms with van der Waals surface area (Å²) < 4.78 is 1.81. The first-order valence-electron chi connectivity index (χ1n) is 8.58. The second-order valence-electron chi connectivity index (χ2n) is 6.41. The van der Waals surface area contributed by atoms with Crippen LogP contribution in [0.4, 0.5) is 0 Å². The van der Waals surface area contributed by atoms with E-state index in [1.54, 1.807) is 27.2 Å². The molecule has 3 aromatic rings. The third kappa shape index (κ3) is 3.81. The highest BCUT2D eigenvalue weighted by Crippen LogP contribution is 2.34. The average Bonchev–Trinajstić information content (AvgIpc) is 3.41. The van der Waals surface area contributed by atoms with Gasteiger partial charge in [-0.05, 0) is 23.9 Å². The van der Waals surface area contributed by atoms with E-state index in [0.717, 1.165) is 27.7 Å². The molecule has 0 fully saturated rings. The maximum Gasteiger partial charge on any atom is 0.253 e. The number of amides is 1.